The highest BCUT2D eigenvalue weighted by Crippen LogP contribution is 2.36. The monoisotopic (exact) mass is 379 g/mol. The Morgan fingerprint density at radius 1 is 0.862 bits per heavy atom. The van der Waals surface area contributed by atoms with Gasteiger partial charge < -0.3 is 17.1 Å². The first-order valence-corrected chi connectivity index (χ1v) is 9.46. The molecule has 0 fully saturated rings. The van der Waals surface area contributed by atoms with Gasteiger partial charge in [-0.2, -0.15) is 0 Å². The number of ketones is 2. The zero-order valence-corrected chi connectivity index (χ0v) is 16.1. The van der Waals surface area contributed by atoms with Crippen LogP contribution >= 0.6 is 0 Å². The van der Waals surface area contributed by atoms with E-state index in [1.165, 1.54) is 0 Å². The lowest BCUT2D eigenvalue weighted by Gasteiger charge is -2.23. The number of unbranched alkanes of at least 4 members (excludes halogenated alkanes) is 2. The van der Waals surface area contributed by atoms with Crippen molar-refractivity contribution in [1.29, 1.82) is 0 Å². The Balaban J connectivity index is 2.05. The Kier molecular flexibility index (Phi) is 6.36. The first-order valence-electron chi connectivity index (χ1n) is 9.46. The standard InChI is InChI=1S/C25H19N2O2/c1-3-5-7-11-17-27-21-15-14-20(26-16-10-6-4-2)22-23(21)25(29)19-13-9-8-12-18(19)24(22)28/h8-9,12-15,26-27H,4,6,10,16H2,2H3/q-1. The predicted octanol–water partition coefficient (Wildman–Crippen LogP) is 4.03. The number of carbonyl (C=O) groups is 2. The summed E-state index contributed by atoms with van der Waals surface area (Å²) in [6.45, 7) is 2.86. The Bertz CT molecular complexity index is 1130. The third kappa shape index (κ3) is 4.16. The number of nitrogens with one attached hydrogen (secondary N) is 2. The summed E-state index contributed by atoms with van der Waals surface area (Å²) in [7, 11) is 0. The maximum absolute atomic E-state index is 13.2. The van der Waals surface area contributed by atoms with E-state index in [0.29, 0.717) is 33.6 Å². The Hall–Kier alpha value is -3.94. The van der Waals surface area contributed by atoms with Crippen molar-refractivity contribution in [2.45, 2.75) is 26.2 Å². The van der Waals surface area contributed by atoms with Gasteiger partial charge in [0, 0.05) is 29.4 Å². The third-order valence-corrected chi connectivity index (χ3v) is 4.62. The first kappa shape index (κ1) is 19.8. The molecule has 0 aromatic heterocycles. The van der Waals surface area contributed by atoms with E-state index < -0.39 is 0 Å². The summed E-state index contributed by atoms with van der Waals surface area (Å²) in [5.74, 6) is 8.80. The Labute approximate surface area is 171 Å². The van der Waals surface area contributed by atoms with Crippen molar-refractivity contribution < 1.29 is 9.59 Å². The molecular weight excluding hydrogens is 360 g/mol. The molecule has 142 valence electrons. The molecule has 3 rings (SSSR count). The van der Waals surface area contributed by atoms with Gasteiger partial charge in [0.2, 0.25) is 0 Å². The molecule has 4 nitrogen and oxygen atoms in total. The fourth-order valence-electron chi connectivity index (χ4n) is 3.26. The van der Waals surface area contributed by atoms with Crippen LogP contribution in [0.5, 0.6) is 0 Å². The molecule has 0 radical (unpaired) electrons. The van der Waals surface area contributed by atoms with Crippen LogP contribution in [0.25, 0.3) is 0 Å². The molecule has 0 bridgehead atoms. The molecule has 0 spiro atoms. The molecule has 0 saturated heterocycles. The molecule has 4 heteroatoms. The van der Waals surface area contributed by atoms with Gasteiger partial charge in [0.25, 0.3) is 0 Å². The third-order valence-electron chi connectivity index (χ3n) is 4.62. The quantitative estimate of drug-likeness (QED) is 0.294. The molecule has 2 aromatic carbocycles. The second-order valence-corrected chi connectivity index (χ2v) is 6.50. The van der Waals surface area contributed by atoms with Crippen LogP contribution in [-0.2, 0) is 0 Å². The van der Waals surface area contributed by atoms with Crippen molar-refractivity contribution in [3.8, 4) is 29.7 Å². The van der Waals surface area contributed by atoms with Gasteiger partial charge in [0.1, 0.15) is 0 Å². The summed E-state index contributed by atoms with van der Waals surface area (Å²) in [6.07, 6.45) is 9.93. The highest BCUT2D eigenvalue weighted by molar-refractivity contribution is 6.31. The van der Waals surface area contributed by atoms with Crippen molar-refractivity contribution in [2.75, 3.05) is 17.2 Å². The number of rotatable bonds is 6. The molecule has 1 aliphatic carbocycles. The average molecular weight is 379 g/mol. The zero-order valence-electron chi connectivity index (χ0n) is 16.1. The van der Waals surface area contributed by atoms with Crippen molar-refractivity contribution in [1.82, 2.24) is 0 Å². The lowest BCUT2D eigenvalue weighted by molar-refractivity contribution is 0.0980. The molecule has 2 N–H and O–H groups in total. The van der Waals surface area contributed by atoms with Gasteiger partial charge in [-0.05, 0) is 24.5 Å². The lowest BCUT2D eigenvalue weighted by Crippen LogP contribution is -2.24. The summed E-state index contributed by atoms with van der Waals surface area (Å²) in [6, 6.07) is 13.0. The summed E-state index contributed by atoms with van der Waals surface area (Å²) < 4.78 is 0. The van der Waals surface area contributed by atoms with E-state index in [0.717, 1.165) is 25.8 Å². The summed E-state index contributed by atoms with van der Waals surface area (Å²) >= 11 is 0. The van der Waals surface area contributed by atoms with Gasteiger partial charge >= 0.3 is 0 Å². The molecule has 0 atom stereocenters. The molecule has 1 aliphatic rings. The second kappa shape index (κ2) is 9.32. The van der Waals surface area contributed by atoms with Gasteiger partial charge in [-0.25, -0.2) is 5.92 Å². The number of carbonyl (C=O) groups excluding carboxylic acids is 2. The fraction of sp³-hybridized carbons (Fsp3) is 0.200. The van der Waals surface area contributed by atoms with Gasteiger partial charge in [-0.1, -0.05) is 44.0 Å². The molecule has 0 aliphatic heterocycles. The van der Waals surface area contributed by atoms with Crippen LogP contribution in [0, 0.1) is 36.1 Å². The van der Waals surface area contributed by atoms with E-state index in [4.69, 9.17) is 6.42 Å². The maximum atomic E-state index is 13.2. The predicted molar refractivity (Wildman–Crippen MR) is 114 cm³/mol. The largest absolute Gasteiger partial charge is 0.384 e. The average Bonchev–Trinajstić information content (AvgIpc) is 2.75. The van der Waals surface area contributed by atoms with E-state index in [1.807, 2.05) is 5.92 Å². The van der Waals surface area contributed by atoms with Crippen LogP contribution in [0.1, 0.15) is 58.0 Å². The van der Waals surface area contributed by atoms with Crippen LogP contribution < -0.4 is 10.6 Å². The number of hydrogen-bond donors (Lipinski definition) is 2. The molecule has 0 amide bonds. The van der Waals surface area contributed by atoms with Crippen LogP contribution in [0.2, 0.25) is 0 Å². The van der Waals surface area contributed by atoms with Crippen molar-refractivity contribution >= 4 is 22.9 Å². The van der Waals surface area contributed by atoms with Crippen LogP contribution in [0.15, 0.2) is 36.4 Å². The molecule has 0 unspecified atom stereocenters. The summed E-state index contributed by atoms with van der Waals surface area (Å²) in [5.41, 5.74) is 2.60. The SMILES string of the molecule is [C-]#CC#CC#CNc1ccc(NCCCCC)c2c1C(=O)c1ccccc1C2=O. The van der Waals surface area contributed by atoms with E-state index in [1.54, 1.807) is 36.4 Å². The number of benzene rings is 2. The lowest BCUT2D eigenvalue weighted by atomic mass is 9.82. The molecule has 0 saturated carbocycles. The zero-order chi connectivity index (χ0) is 20.6. The van der Waals surface area contributed by atoms with E-state index in [9.17, 15) is 9.59 Å². The highest BCUT2D eigenvalue weighted by atomic mass is 16.1. The van der Waals surface area contributed by atoms with E-state index in [-0.39, 0.29) is 11.6 Å². The van der Waals surface area contributed by atoms with E-state index in [2.05, 4.69) is 41.4 Å². The second-order valence-electron chi connectivity index (χ2n) is 6.50. The van der Waals surface area contributed by atoms with Crippen molar-refractivity contribution in [3.05, 3.63) is 65.1 Å². The smallest absolute Gasteiger partial charge is 0.196 e. The Morgan fingerprint density at radius 2 is 1.52 bits per heavy atom. The normalized spacial score (nSPS) is 11.0. The Morgan fingerprint density at radius 3 is 2.17 bits per heavy atom. The van der Waals surface area contributed by atoms with Gasteiger partial charge in [0.05, 0.1) is 16.8 Å². The summed E-state index contributed by atoms with van der Waals surface area (Å²) in [4.78, 5) is 26.4. The van der Waals surface area contributed by atoms with Gasteiger partial charge in [0.15, 0.2) is 11.6 Å². The number of hydrogen-bond acceptors (Lipinski definition) is 4. The minimum Gasteiger partial charge on any atom is -0.384 e. The van der Waals surface area contributed by atoms with Gasteiger partial charge in [-0.15, -0.1) is 5.92 Å². The van der Waals surface area contributed by atoms with Crippen molar-refractivity contribution in [2.24, 2.45) is 0 Å². The molecule has 2 aromatic rings. The van der Waals surface area contributed by atoms with Crippen LogP contribution in [0.3, 0.4) is 0 Å². The maximum Gasteiger partial charge on any atom is 0.196 e. The van der Waals surface area contributed by atoms with Crippen LogP contribution in [0.4, 0.5) is 11.4 Å². The molecule has 0 heterocycles. The minimum absolute atomic E-state index is 0.178. The summed E-state index contributed by atoms with van der Waals surface area (Å²) in [5, 5.41) is 6.18. The molecular formula is C25H19N2O2-. The van der Waals surface area contributed by atoms with E-state index >= 15 is 0 Å². The topological polar surface area (TPSA) is 58.2 Å². The van der Waals surface area contributed by atoms with Crippen molar-refractivity contribution in [3.63, 3.8) is 0 Å². The first-order chi connectivity index (χ1) is 14.2. The van der Waals surface area contributed by atoms with Crippen LogP contribution in [-0.4, -0.2) is 18.1 Å². The number of fused-ring (bicyclic) bond motifs is 2. The number of anilines is 2. The highest BCUT2D eigenvalue weighted by Gasteiger charge is 2.33. The van der Waals surface area contributed by atoms with Gasteiger partial charge in [-0.3, -0.25) is 15.5 Å². The molecule has 29 heavy (non-hydrogen) atoms. The minimum atomic E-state index is -0.212. The fourth-order valence-corrected chi connectivity index (χ4v) is 3.26.